The van der Waals surface area contributed by atoms with Gasteiger partial charge in [0.15, 0.2) is 0 Å². The van der Waals surface area contributed by atoms with E-state index in [0.717, 1.165) is 5.56 Å². The molecule has 0 fully saturated rings. The van der Waals surface area contributed by atoms with E-state index in [2.05, 4.69) is 11.4 Å². The molecule has 1 aliphatic heterocycles. The Morgan fingerprint density at radius 3 is 2.79 bits per heavy atom. The Morgan fingerprint density at radius 2 is 2.21 bits per heavy atom. The quantitative estimate of drug-likeness (QED) is 0.906. The minimum absolute atomic E-state index is 0.112. The van der Waals surface area contributed by atoms with E-state index < -0.39 is 0 Å². The molecule has 0 unspecified atom stereocenters. The maximum atomic E-state index is 11.7. The Bertz CT molecular complexity index is 607. The number of rotatable bonds is 2. The van der Waals surface area contributed by atoms with Crippen molar-refractivity contribution < 1.29 is 4.79 Å². The number of amides is 1. The van der Waals surface area contributed by atoms with Gasteiger partial charge in [-0.3, -0.25) is 4.79 Å². The zero-order chi connectivity index (χ0) is 14.0. The Balaban J connectivity index is 2.53. The predicted octanol–water partition coefficient (Wildman–Crippen LogP) is 3.70. The lowest BCUT2D eigenvalue weighted by Crippen LogP contribution is -2.30. The van der Waals surface area contributed by atoms with E-state index in [0.29, 0.717) is 20.6 Å². The summed E-state index contributed by atoms with van der Waals surface area (Å²) >= 11 is 13.4. The molecule has 0 radical (unpaired) electrons. The minimum atomic E-state index is -0.314. The van der Waals surface area contributed by atoms with E-state index in [-0.39, 0.29) is 18.2 Å². The van der Waals surface area contributed by atoms with Crippen LogP contribution in [0.4, 0.5) is 0 Å². The second-order valence-electron chi connectivity index (χ2n) is 4.03. The average Bonchev–Trinajstić information content (AvgIpc) is 2.37. The molecule has 0 saturated carbocycles. The van der Waals surface area contributed by atoms with Crippen LogP contribution < -0.4 is 5.32 Å². The number of nitrogens with zero attached hydrogens (tertiary/aromatic N) is 1. The lowest BCUT2D eigenvalue weighted by Gasteiger charge is -2.25. The van der Waals surface area contributed by atoms with Gasteiger partial charge in [-0.05, 0) is 24.0 Å². The largest absolute Gasteiger partial charge is 0.320 e. The molecule has 0 saturated heterocycles. The number of hydrogen-bond acceptors (Lipinski definition) is 3. The summed E-state index contributed by atoms with van der Waals surface area (Å²) in [7, 11) is 0. The molecule has 1 N–H and O–H groups in total. The summed E-state index contributed by atoms with van der Waals surface area (Å²) in [5, 5.41) is 13.6. The highest BCUT2D eigenvalue weighted by atomic mass is 35.5. The molecule has 0 bridgehead atoms. The van der Waals surface area contributed by atoms with Crippen LogP contribution in [0.15, 0.2) is 28.8 Å². The summed E-state index contributed by atoms with van der Waals surface area (Å²) in [5.41, 5.74) is 1.29. The smallest absolute Gasteiger partial charge is 0.225 e. The highest BCUT2D eigenvalue weighted by Crippen LogP contribution is 2.38. The summed E-state index contributed by atoms with van der Waals surface area (Å²) in [6.45, 7) is 0. The van der Waals surface area contributed by atoms with Crippen molar-refractivity contribution in [3.63, 3.8) is 0 Å². The van der Waals surface area contributed by atoms with Gasteiger partial charge < -0.3 is 5.32 Å². The number of halogens is 2. The van der Waals surface area contributed by atoms with Crippen LogP contribution in [0.2, 0.25) is 10.0 Å². The summed E-state index contributed by atoms with van der Waals surface area (Å²) in [5.74, 6) is -0.426. The van der Waals surface area contributed by atoms with Crippen LogP contribution >= 0.6 is 35.0 Å². The van der Waals surface area contributed by atoms with Gasteiger partial charge in [-0.2, -0.15) is 5.26 Å². The fourth-order valence-corrected chi connectivity index (χ4v) is 3.19. The predicted molar refractivity (Wildman–Crippen MR) is 78.1 cm³/mol. The first-order valence-corrected chi connectivity index (χ1v) is 7.48. The topological polar surface area (TPSA) is 52.9 Å². The number of carbonyl (C=O) groups excluding carboxylic acids is 1. The molecule has 0 aliphatic carbocycles. The van der Waals surface area contributed by atoms with Gasteiger partial charge in [0.1, 0.15) is 0 Å². The fourth-order valence-electron chi connectivity index (χ4n) is 2.03. The Kier molecular flexibility index (Phi) is 4.41. The lowest BCUT2D eigenvalue weighted by molar-refractivity contribution is -0.120. The molecule has 3 nitrogen and oxygen atoms in total. The highest BCUT2D eigenvalue weighted by molar-refractivity contribution is 8.02. The van der Waals surface area contributed by atoms with Crippen molar-refractivity contribution >= 4 is 40.9 Å². The number of carbonyl (C=O) groups is 1. The normalized spacial score (nSPS) is 19.1. The third-order valence-corrected chi connectivity index (χ3v) is 4.19. The van der Waals surface area contributed by atoms with Gasteiger partial charge in [0.2, 0.25) is 5.91 Å². The Morgan fingerprint density at radius 1 is 1.47 bits per heavy atom. The molecule has 1 atom stereocenters. The van der Waals surface area contributed by atoms with Crippen molar-refractivity contribution in [1.29, 1.82) is 5.26 Å². The van der Waals surface area contributed by atoms with Crippen LogP contribution in [0.1, 0.15) is 17.9 Å². The summed E-state index contributed by atoms with van der Waals surface area (Å²) < 4.78 is 0. The Labute approximate surface area is 125 Å². The lowest BCUT2D eigenvalue weighted by atomic mass is 9.87. The van der Waals surface area contributed by atoms with Crippen molar-refractivity contribution in [3.05, 3.63) is 44.4 Å². The fraction of sp³-hybridized carbons (Fsp3) is 0.231. The number of thioether (sulfide) groups is 1. The van der Waals surface area contributed by atoms with Gasteiger partial charge in [0.25, 0.3) is 0 Å². The zero-order valence-electron chi connectivity index (χ0n) is 10.0. The first kappa shape index (κ1) is 14.3. The van der Waals surface area contributed by atoms with Crippen molar-refractivity contribution in [3.8, 4) is 6.07 Å². The second kappa shape index (κ2) is 5.87. The summed E-state index contributed by atoms with van der Waals surface area (Å²) in [6, 6.07) is 7.27. The molecule has 98 valence electrons. The second-order valence-corrected chi connectivity index (χ2v) is 5.69. The van der Waals surface area contributed by atoms with Crippen LogP contribution in [0.3, 0.4) is 0 Å². The maximum Gasteiger partial charge on any atom is 0.225 e. The van der Waals surface area contributed by atoms with Crippen LogP contribution in [0.5, 0.6) is 0 Å². The van der Waals surface area contributed by atoms with E-state index in [1.54, 1.807) is 18.2 Å². The minimum Gasteiger partial charge on any atom is -0.320 e. The molecule has 0 aromatic heterocycles. The molecule has 1 aromatic rings. The number of nitriles is 1. The van der Waals surface area contributed by atoms with Gasteiger partial charge >= 0.3 is 0 Å². The standard InChI is InChI=1S/C13H10Cl2N2OS/c1-19-13-10(6-16)9(5-12(18)17-13)8-3-2-7(14)4-11(8)15/h2-4,9H,5H2,1H3,(H,17,18)/t9-/m0/s1. The maximum absolute atomic E-state index is 11.7. The Hall–Kier alpha value is -1.15. The van der Waals surface area contributed by atoms with Gasteiger partial charge in [0, 0.05) is 22.4 Å². The van der Waals surface area contributed by atoms with Crippen LogP contribution in [0, 0.1) is 11.3 Å². The molecule has 2 rings (SSSR count). The van der Waals surface area contributed by atoms with E-state index in [1.807, 2.05) is 6.26 Å². The van der Waals surface area contributed by atoms with Crippen molar-refractivity contribution in [1.82, 2.24) is 5.32 Å². The first-order valence-electron chi connectivity index (χ1n) is 5.50. The highest BCUT2D eigenvalue weighted by Gasteiger charge is 2.30. The summed E-state index contributed by atoms with van der Waals surface area (Å²) in [4.78, 5) is 11.7. The number of nitrogens with one attached hydrogen (secondary N) is 1. The molecule has 0 spiro atoms. The van der Waals surface area contributed by atoms with Gasteiger partial charge in [-0.25, -0.2) is 0 Å². The number of allylic oxidation sites excluding steroid dienone is 1. The van der Waals surface area contributed by atoms with Crippen molar-refractivity contribution in [2.24, 2.45) is 0 Å². The summed E-state index contributed by atoms with van der Waals surface area (Å²) in [6.07, 6.45) is 2.03. The van der Waals surface area contributed by atoms with Crippen LogP contribution in [-0.2, 0) is 4.79 Å². The third kappa shape index (κ3) is 2.89. The average molecular weight is 313 g/mol. The molecule has 1 amide bonds. The van der Waals surface area contributed by atoms with Gasteiger partial charge in [-0.15, -0.1) is 11.8 Å². The van der Waals surface area contributed by atoms with Crippen LogP contribution in [0.25, 0.3) is 0 Å². The van der Waals surface area contributed by atoms with E-state index in [1.165, 1.54) is 11.8 Å². The first-order chi connectivity index (χ1) is 9.06. The third-order valence-electron chi connectivity index (χ3n) is 2.90. The molecular weight excluding hydrogens is 303 g/mol. The number of hydrogen-bond donors (Lipinski definition) is 1. The molecule has 1 aliphatic rings. The molecule has 19 heavy (non-hydrogen) atoms. The van der Waals surface area contributed by atoms with Crippen molar-refractivity contribution in [2.45, 2.75) is 12.3 Å². The molecule has 1 heterocycles. The SMILES string of the molecule is CSC1=C(C#N)[C@H](c2ccc(Cl)cc2Cl)CC(=O)N1. The van der Waals surface area contributed by atoms with Gasteiger partial charge in [-0.1, -0.05) is 29.3 Å². The number of benzene rings is 1. The monoisotopic (exact) mass is 312 g/mol. The van der Waals surface area contributed by atoms with Crippen LogP contribution in [-0.4, -0.2) is 12.2 Å². The van der Waals surface area contributed by atoms with E-state index in [9.17, 15) is 10.1 Å². The zero-order valence-corrected chi connectivity index (χ0v) is 12.4. The molecule has 6 heteroatoms. The van der Waals surface area contributed by atoms with E-state index >= 15 is 0 Å². The van der Waals surface area contributed by atoms with E-state index in [4.69, 9.17) is 23.2 Å². The van der Waals surface area contributed by atoms with Crippen molar-refractivity contribution in [2.75, 3.05) is 6.26 Å². The van der Waals surface area contributed by atoms with Gasteiger partial charge in [0.05, 0.1) is 16.7 Å². The molecular formula is C13H10Cl2N2OS. The molecule has 1 aromatic carbocycles.